The Morgan fingerprint density at radius 2 is 1.94 bits per heavy atom. The first kappa shape index (κ1) is 23.4. The Kier molecular flexibility index (Phi) is 6.64. The average Bonchev–Trinajstić information content (AvgIpc) is 2.83. The molecule has 0 saturated carbocycles. The number of anilines is 1. The molecule has 1 fully saturated rings. The van der Waals surface area contributed by atoms with Crippen molar-refractivity contribution in [2.24, 2.45) is 0 Å². The zero-order chi connectivity index (χ0) is 24.4. The van der Waals surface area contributed by atoms with Crippen LogP contribution in [0.5, 0.6) is 5.75 Å². The Morgan fingerprint density at radius 1 is 1.21 bits per heavy atom. The van der Waals surface area contributed by atoms with E-state index in [-0.39, 0.29) is 17.8 Å². The molecule has 2 N–H and O–H groups in total. The Balaban J connectivity index is 1.50. The highest BCUT2D eigenvalue weighted by atomic mass is 19.1. The number of methoxy groups -OCH3 is 1. The molecular formula is C23H27FN6O4. The summed E-state index contributed by atoms with van der Waals surface area (Å²) in [5.41, 5.74) is 0.907. The summed E-state index contributed by atoms with van der Waals surface area (Å²) >= 11 is 0. The van der Waals surface area contributed by atoms with Crippen LogP contribution in [0.4, 0.5) is 10.1 Å². The topological polar surface area (TPSA) is 113 Å². The van der Waals surface area contributed by atoms with Crippen molar-refractivity contribution in [2.45, 2.75) is 20.0 Å². The number of hydrogen-bond acceptors (Lipinski definition) is 7. The molecule has 1 aliphatic heterocycles. The van der Waals surface area contributed by atoms with Crippen LogP contribution in [-0.2, 0) is 13.1 Å². The number of nitrogens with zero attached hydrogens (tertiary/aromatic N) is 4. The number of aromatic nitrogens is 3. The number of benzene rings is 1. The fraction of sp³-hybridized carbons (Fsp3) is 0.391. The Hall–Kier alpha value is -3.73. The van der Waals surface area contributed by atoms with Gasteiger partial charge in [-0.1, -0.05) is 0 Å². The van der Waals surface area contributed by atoms with Crippen molar-refractivity contribution in [2.75, 3.05) is 45.2 Å². The Labute approximate surface area is 195 Å². The van der Waals surface area contributed by atoms with Crippen molar-refractivity contribution < 1.29 is 13.9 Å². The molecule has 0 aliphatic carbocycles. The summed E-state index contributed by atoms with van der Waals surface area (Å²) in [5, 5.41) is 2.78. The molecule has 0 spiro atoms. The van der Waals surface area contributed by atoms with Crippen molar-refractivity contribution in [3.8, 4) is 5.75 Å². The second kappa shape index (κ2) is 9.64. The number of aromatic amines is 1. The maximum Gasteiger partial charge on any atom is 0.328 e. The molecule has 180 valence electrons. The quantitative estimate of drug-likeness (QED) is 0.516. The number of hydrogen-bond donors (Lipinski definition) is 2. The van der Waals surface area contributed by atoms with Crippen molar-refractivity contribution in [3.05, 3.63) is 62.3 Å². The molecule has 1 aliphatic rings. The first-order valence-corrected chi connectivity index (χ1v) is 11.1. The molecular weight excluding hydrogens is 443 g/mol. The van der Waals surface area contributed by atoms with Crippen LogP contribution in [0.2, 0.25) is 0 Å². The lowest BCUT2D eigenvalue weighted by molar-refractivity contribution is 0.0957. The maximum absolute atomic E-state index is 14.5. The highest BCUT2D eigenvalue weighted by molar-refractivity contribution is 5.92. The molecule has 2 aromatic heterocycles. The largest absolute Gasteiger partial charge is 0.496 e. The van der Waals surface area contributed by atoms with E-state index in [1.165, 1.54) is 20.2 Å². The van der Waals surface area contributed by atoms with E-state index in [1.807, 2.05) is 11.0 Å². The van der Waals surface area contributed by atoms with Gasteiger partial charge < -0.3 is 19.9 Å². The van der Waals surface area contributed by atoms with E-state index in [9.17, 15) is 18.8 Å². The number of carbonyl (C=O) groups excluding carboxylic acids is 1. The molecule has 3 aromatic rings. The monoisotopic (exact) mass is 470 g/mol. The van der Waals surface area contributed by atoms with Crippen LogP contribution in [0.25, 0.3) is 10.9 Å². The maximum atomic E-state index is 14.5. The number of nitrogens with one attached hydrogen (secondary N) is 2. The van der Waals surface area contributed by atoms with Gasteiger partial charge in [-0.3, -0.25) is 19.1 Å². The average molecular weight is 471 g/mol. The van der Waals surface area contributed by atoms with Gasteiger partial charge in [0.05, 0.1) is 18.3 Å². The van der Waals surface area contributed by atoms with Crippen LogP contribution in [0, 0.1) is 5.95 Å². The summed E-state index contributed by atoms with van der Waals surface area (Å²) in [7, 11) is 2.97. The summed E-state index contributed by atoms with van der Waals surface area (Å²) in [6.07, 6.45) is 0. The number of carbonyl (C=O) groups is 1. The van der Waals surface area contributed by atoms with Gasteiger partial charge in [-0.05, 0) is 36.8 Å². The highest BCUT2D eigenvalue weighted by Gasteiger charge is 2.22. The van der Waals surface area contributed by atoms with Gasteiger partial charge in [0.25, 0.3) is 11.5 Å². The van der Waals surface area contributed by atoms with Gasteiger partial charge in [-0.15, -0.1) is 0 Å². The van der Waals surface area contributed by atoms with Crippen LogP contribution in [0.1, 0.15) is 23.0 Å². The summed E-state index contributed by atoms with van der Waals surface area (Å²) in [5.74, 6) is -0.689. The lowest BCUT2D eigenvalue weighted by atomic mass is 10.1. The van der Waals surface area contributed by atoms with E-state index in [0.29, 0.717) is 55.1 Å². The number of ether oxygens (including phenoxy) is 1. The smallest absolute Gasteiger partial charge is 0.328 e. The van der Waals surface area contributed by atoms with E-state index < -0.39 is 17.5 Å². The van der Waals surface area contributed by atoms with Crippen LogP contribution in [0.15, 0.2) is 33.9 Å². The number of piperazine rings is 1. The van der Waals surface area contributed by atoms with Crippen molar-refractivity contribution >= 4 is 22.5 Å². The van der Waals surface area contributed by atoms with Crippen LogP contribution >= 0.6 is 0 Å². The van der Waals surface area contributed by atoms with Gasteiger partial charge in [-0.25, -0.2) is 9.78 Å². The van der Waals surface area contributed by atoms with E-state index in [0.717, 1.165) is 10.1 Å². The molecule has 1 saturated heterocycles. The van der Waals surface area contributed by atoms with Gasteiger partial charge in [0, 0.05) is 46.3 Å². The van der Waals surface area contributed by atoms with E-state index in [2.05, 4.69) is 20.2 Å². The fourth-order valence-corrected chi connectivity index (χ4v) is 4.26. The minimum Gasteiger partial charge on any atom is -0.496 e. The molecule has 1 amide bonds. The number of halogens is 1. The molecule has 0 bridgehead atoms. The van der Waals surface area contributed by atoms with Gasteiger partial charge in [0.1, 0.15) is 16.8 Å². The minimum atomic E-state index is -0.671. The molecule has 1 aromatic carbocycles. The number of fused-ring (bicyclic) bond motifs is 1. The first-order chi connectivity index (χ1) is 16.4. The van der Waals surface area contributed by atoms with Gasteiger partial charge in [0.2, 0.25) is 5.95 Å². The van der Waals surface area contributed by atoms with Crippen molar-refractivity contribution in [1.82, 2.24) is 24.8 Å². The SMILES string of the molecule is CCn1c(=O)[nH]c2cc(CN3CCN(c4ccc(C(=O)NC)nc4F)CC3)cc(OC)c2c1=O. The number of pyridine rings is 1. The zero-order valence-corrected chi connectivity index (χ0v) is 19.4. The molecule has 0 unspecified atom stereocenters. The standard InChI is InChI=1S/C23H27FN6O4/c1-4-30-22(32)19-16(27-23(30)33)11-14(12-18(19)34-3)13-28-7-9-29(10-8-28)17-6-5-15(21(31)25-2)26-20(17)24/h5-6,11-12H,4,7-10,13H2,1-3H3,(H,25,31)(H,27,33). The molecule has 11 heteroatoms. The molecule has 4 rings (SSSR count). The normalized spacial score (nSPS) is 14.4. The summed E-state index contributed by atoms with van der Waals surface area (Å²) in [4.78, 5) is 47.3. The summed E-state index contributed by atoms with van der Waals surface area (Å²) in [6.45, 7) is 5.09. The van der Waals surface area contributed by atoms with E-state index in [1.54, 1.807) is 19.1 Å². The van der Waals surface area contributed by atoms with Crippen LogP contribution in [0.3, 0.4) is 0 Å². The second-order valence-corrected chi connectivity index (χ2v) is 8.05. The predicted molar refractivity (Wildman–Crippen MR) is 126 cm³/mol. The molecule has 10 nitrogen and oxygen atoms in total. The first-order valence-electron chi connectivity index (χ1n) is 11.1. The fourth-order valence-electron chi connectivity index (χ4n) is 4.26. The molecule has 3 heterocycles. The summed E-state index contributed by atoms with van der Waals surface area (Å²) in [6, 6.07) is 6.71. The number of amides is 1. The molecule has 0 radical (unpaired) electrons. The zero-order valence-electron chi connectivity index (χ0n) is 19.4. The minimum absolute atomic E-state index is 0.0383. The third-order valence-corrected chi connectivity index (χ3v) is 6.05. The Morgan fingerprint density at radius 3 is 2.56 bits per heavy atom. The van der Waals surface area contributed by atoms with Crippen molar-refractivity contribution in [3.63, 3.8) is 0 Å². The van der Waals surface area contributed by atoms with Crippen LogP contribution < -0.4 is 26.2 Å². The van der Waals surface area contributed by atoms with E-state index >= 15 is 0 Å². The van der Waals surface area contributed by atoms with Crippen LogP contribution in [-0.4, -0.2) is 65.7 Å². The number of H-pyrrole nitrogens is 1. The number of rotatable bonds is 6. The highest BCUT2D eigenvalue weighted by Crippen LogP contribution is 2.25. The lowest BCUT2D eigenvalue weighted by Crippen LogP contribution is -2.46. The summed E-state index contributed by atoms with van der Waals surface area (Å²) < 4.78 is 21.1. The van der Waals surface area contributed by atoms with Gasteiger partial charge in [-0.2, -0.15) is 4.39 Å². The van der Waals surface area contributed by atoms with E-state index in [4.69, 9.17) is 4.74 Å². The predicted octanol–water partition coefficient (Wildman–Crippen LogP) is 0.934. The molecule has 34 heavy (non-hydrogen) atoms. The van der Waals surface area contributed by atoms with Gasteiger partial charge in [0.15, 0.2) is 0 Å². The lowest BCUT2D eigenvalue weighted by Gasteiger charge is -2.36. The Bertz CT molecular complexity index is 1340. The second-order valence-electron chi connectivity index (χ2n) is 8.05. The third-order valence-electron chi connectivity index (χ3n) is 6.05. The third kappa shape index (κ3) is 4.38. The van der Waals surface area contributed by atoms with Crippen molar-refractivity contribution in [1.29, 1.82) is 0 Å². The molecule has 0 atom stereocenters. The van der Waals surface area contributed by atoms with Gasteiger partial charge >= 0.3 is 5.69 Å².